The highest BCUT2D eigenvalue weighted by atomic mass is 35.5. The lowest BCUT2D eigenvalue weighted by atomic mass is 9.78. The Morgan fingerprint density at radius 1 is 1.23 bits per heavy atom. The van der Waals surface area contributed by atoms with E-state index in [9.17, 15) is 0 Å². The quantitative estimate of drug-likeness (QED) is 0.495. The summed E-state index contributed by atoms with van der Waals surface area (Å²) in [6, 6.07) is 0. The molecule has 1 saturated carbocycles. The van der Waals surface area contributed by atoms with Crippen LogP contribution in [-0.4, -0.2) is 18.0 Å². The van der Waals surface area contributed by atoms with Crippen molar-refractivity contribution in [1.82, 2.24) is 5.32 Å². The SMILES string of the molecule is CCCCCCNC1(CCl)CCC1. The van der Waals surface area contributed by atoms with Crippen molar-refractivity contribution in [3.63, 3.8) is 0 Å². The lowest BCUT2D eigenvalue weighted by Gasteiger charge is -2.41. The van der Waals surface area contributed by atoms with Crippen LogP contribution in [0.3, 0.4) is 0 Å². The largest absolute Gasteiger partial charge is 0.310 e. The molecule has 1 rings (SSSR count). The van der Waals surface area contributed by atoms with Gasteiger partial charge in [-0.1, -0.05) is 26.2 Å². The molecule has 0 amide bonds. The van der Waals surface area contributed by atoms with Crippen LogP contribution in [0.15, 0.2) is 0 Å². The Labute approximate surface area is 87.2 Å². The lowest BCUT2D eigenvalue weighted by molar-refractivity contribution is 0.212. The molecule has 0 spiro atoms. The minimum absolute atomic E-state index is 0.327. The van der Waals surface area contributed by atoms with Gasteiger partial charge in [0.1, 0.15) is 0 Å². The number of nitrogens with one attached hydrogen (secondary N) is 1. The first-order valence-corrected chi connectivity index (χ1v) is 6.17. The number of unbranched alkanes of at least 4 members (excludes halogenated alkanes) is 3. The van der Waals surface area contributed by atoms with Crippen LogP contribution in [0.25, 0.3) is 0 Å². The Morgan fingerprint density at radius 3 is 2.46 bits per heavy atom. The third-order valence-corrected chi connectivity index (χ3v) is 3.61. The number of hydrogen-bond acceptors (Lipinski definition) is 1. The molecule has 0 bridgehead atoms. The Kier molecular flexibility index (Phi) is 5.12. The van der Waals surface area contributed by atoms with Crippen molar-refractivity contribution in [3.05, 3.63) is 0 Å². The minimum Gasteiger partial charge on any atom is -0.310 e. The third kappa shape index (κ3) is 3.47. The van der Waals surface area contributed by atoms with E-state index in [0.29, 0.717) is 5.54 Å². The fraction of sp³-hybridized carbons (Fsp3) is 1.00. The van der Waals surface area contributed by atoms with Crippen molar-refractivity contribution in [2.24, 2.45) is 0 Å². The molecule has 0 saturated heterocycles. The first-order valence-electron chi connectivity index (χ1n) is 5.64. The van der Waals surface area contributed by atoms with Crippen molar-refractivity contribution >= 4 is 11.6 Å². The van der Waals surface area contributed by atoms with Crippen molar-refractivity contribution in [2.45, 2.75) is 57.4 Å². The number of rotatable bonds is 7. The molecule has 0 heterocycles. The topological polar surface area (TPSA) is 12.0 Å². The molecule has 2 heteroatoms. The second-order valence-electron chi connectivity index (χ2n) is 4.25. The van der Waals surface area contributed by atoms with Gasteiger partial charge in [0, 0.05) is 11.4 Å². The van der Waals surface area contributed by atoms with Gasteiger partial charge < -0.3 is 5.32 Å². The fourth-order valence-electron chi connectivity index (χ4n) is 1.87. The van der Waals surface area contributed by atoms with Gasteiger partial charge >= 0.3 is 0 Å². The van der Waals surface area contributed by atoms with Crippen molar-refractivity contribution < 1.29 is 0 Å². The van der Waals surface area contributed by atoms with E-state index >= 15 is 0 Å². The fourth-order valence-corrected chi connectivity index (χ4v) is 2.23. The summed E-state index contributed by atoms with van der Waals surface area (Å²) >= 11 is 5.94. The normalized spacial score (nSPS) is 19.8. The van der Waals surface area contributed by atoms with Gasteiger partial charge in [-0.25, -0.2) is 0 Å². The molecule has 0 unspecified atom stereocenters. The maximum absolute atomic E-state index is 5.94. The van der Waals surface area contributed by atoms with Gasteiger partial charge in [-0.2, -0.15) is 0 Å². The molecule has 0 radical (unpaired) electrons. The summed E-state index contributed by atoms with van der Waals surface area (Å²) in [5.74, 6) is 0.792. The molecule has 1 fully saturated rings. The Bertz CT molecular complexity index is 127. The molecule has 1 N–H and O–H groups in total. The summed E-state index contributed by atoms with van der Waals surface area (Å²) in [6.45, 7) is 3.41. The maximum atomic E-state index is 5.94. The summed E-state index contributed by atoms with van der Waals surface area (Å²) < 4.78 is 0. The van der Waals surface area contributed by atoms with E-state index < -0.39 is 0 Å². The number of halogens is 1. The van der Waals surface area contributed by atoms with Crippen LogP contribution in [0, 0.1) is 0 Å². The number of alkyl halides is 1. The molecule has 13 heavy (non-hydrogen) atoms. The van der Waals surface area contributed by atoms with Gasteiger partial charge in [-0.05, 0) is 32.2 Å². The molecule has 1 aliphatic carbocycles. The minimum atomic E-state index is 0.327. The van der Waals surface area contributed by atoms with Gasteiger partial charge in [0.15, 0.2) is 0 Å². The van der Waals surface area contributed by atoms with Crippen molar-refractivity contribution in [2.75, 3.05) is 12.4 Å². The molecule has 0 aromatic carbocycles. The number of hydrogen-bond donors (Lipinski definition) is 1. The van der Waals surface area contributed by atoms with Crippen LogP contribution in [-0.2, 0) is 0 Å². The Balaban J connectivity index is 1.98. The van der Waals surface area contributed by atoms with Crippen LogP contribution in [0.5, 0.6) is 0 Å². The second-order valence-corrected chi connectivity index (χ2v) is 4.52. The predicted octanol–water partition coefficient (Wildman–Crippen LogP) is 3.32. The first-order chi connectivity index (χ1) is 6.33. The van der Waals surface area contributed by atoms with Crippen LogP contribution < -0.4 is 5.32 Å². The van der Waals surface area contributed by atoms with E-state index in [1.54, 1.807) is 0 Å². The van der Waals surface area contributed by atoms with Gasteiger partial charge in [0.25, 0.3) is 0 Å². The predicted molar refractivity (Wildman–Crippen MR) is 59.4 cm³/mol. The molecule has 0 aromatic rings. The molecule has 0 aliphatic heterocycles. The van der Waals surface area contributed by atoms with E-state index in [2.05, 4.69) is 12.2 Å². The zero-order valence-electron chi connectivity index (χ0n) is 8.74. The summed E-state index contributed by atoms with van der Waals surface area (Å²) in [6.07, 6.45) is 9.29. The Morgan fingerprint density at radius 2 is 2.00 bits per heavy atom. The monoisotopic (exact) mass is 203 g/mol. The van der Waals surface area contributed by atoms with Crippen molar-refractivity contribution in [3.8, 4) is 0 Å². The van der Waals surface area contributed by atoms with Crippen LogP contribution in [0.4, 0.5) is 0 Å². The van der Waals surface area contributed by atoms with Gasteiger partial charge in [-0.3, -0.25) is 0 Å². The standard InChI is InChI=1S/C11H22ClN/c1-2-3-4-5-9-13-11(10-12)7-6-8-11/h13H,2-10H2,1H3. The summed E-state index contributed by atoms with van der Waals surface area (Å²) in [5.41, 5.74) is 0.327. The average Bonchev–Trinajstić information content (AvgIpc) is 2.09. The summed E-state index contributed by atoms with van der Waals surface area (Å²) in [7, 11) is 0. The molecular formula is C11H22ClN. The van der Waals surface area contributed by atoms with Gasteiger partial charge in [-0.15, -0.1) is 11.6 Å². The molecule has 78 valence electrons. The molecular weight excluding hydrogens is 182 g/mol. The first kappa shape index (κ1) is 11.3. The maximum Gasteiger partial charge on any atom is 0.0406 e. The van der Waals surface area contributed by atoms with E-state index in [-0.39, 0.29) is 0 Å². The van der Waals surface area contributed by atoms with Crippen LogP contribution in [0.1, 0.15) is 51.9 Å². The van der Waals surface area contributed by atoms with E-state index in [1.165, 1.54) is 44.9 Å². The zero-order valence-corrected chi connectivity index (χ0v) is 9.50. The summed E-state index contributed by atoms with van der Waals surface area (Å²) in [5, 5.41) is 3.61. The highest BCUT2D eigenvalue weighted by Gasteiger charge is 2.34. The van der Waals surface area contributed by atoms with E-state index in [4.69, 9.17) is 11.6 Å². The Hall–Kier alpha value is 0.250. The van der Waals surface area contributed by atoms with E-state index in [0.717, 1.165) is 12.4 Å². The highest BCUT2D eigenvalue weighted by Crippen LogP contribution is 2.32. The second kappa shape index (κ2) is 5.87. The van der Waals surface area contributed by atoms with E-state index in [1.807, 2.05) is 0 Å². The highest BCUT2D eigenvalue weighted by molar-refractivity contribution is 6.18. The molecule has 0 aromatic heterocycles. The molecule has 1 aliphatic rings. The zero-order chi connectivity index (χ0) is 9.57. The smallest absolute Gasteiger partial charge is 0.0406 e. The average molecular weight is 204 g/mol. The van der Waals surface area contributed by atoms with Crippen LogP contribution >= 0.6 is 11.6 Å². The lowest BCUT2D eigenvalue weighted by Crippen LogP contribution is -2.52. The van der Waals surface area contributed by atoms with Crippen molar-refractivity contribution in [1.29, 1.82) is 0 Å². The molecule has 0 atom stereocenters. The molecule has 1 nitrogen and oxygen atoms in total. The third-order valence-electron chi connectivity index (χ3n) is 3.10. The summed E-state index contributed by atoms with van der Waals surface area (Å²) in [4.78, 5) is 0. The van der Waals surface area contributed by atoms with Gasteiger partial charge in [0.2, 0.25) is 0 Å². The van der Waals surface area contributed by atoms with Crippen LogP contribution in [0.2, 0.25) is 0 Å². The van der Waals surface area contributed by atoms with Gasteiger partial charge in [0.05, 0.1) is 0 Å².